The molecule has 2 nitrogen and oxygen atoms in total. The Bertz CT molecular complexity index is 355. The maximum atomic E-state index is 11.2. The van der Waals surface area contributed by atoms with Crippen LogP contribution >= 0.6 is 0 Å². The van der Waals surface area contributed by atoms with Crippen molar-refractivity contribution in [3.63, 3.8) is 0 Å². The van der Waals surface area contributed by atoms with E-state index in [0.717, 1.165) is 31.2 Å². The molecule has 0 radical (unpaired) electrons. The molecule has 1 aliphatic carbocycles. The summed E-state index contributed by atoms with van der Waals surface area (Å²) in [4.78, 5) is 11.2. The van der Waals surface area contributed by atoms with Crippen LogP contribution in [0.1, 0.15) is 55.8 Å². The Kier molecular flexibility index (Phi) is 3.39. The van der Waals surface area contributed by atoms with E-state index in [1.54, 1.807) is 6.92 Å². The SMILES string of the molecule is CC(O)c1ccc(C2CCC(=O)CC2)cc1. The largest absolute Gasteiger partial charge is 0.389 e. The maximum Gasteiger partial charge on any atom is 0.132 e. The zero-order valence-electron chi connectivity index (χ0n) is 9.65. The van der Waals surface area contributed by atoms with Crippen molar-refractivity contribution in [2.45, 2.75) is 44.6 Å². The van der Waals surface area contributed by atoms with Crippen molar-refractivity contribution >= 4 is 5.78 Å². The summed E-state index contributed by atoms with van der Waals surface area (Å²) in [7, 11) is 0. The molecule has 0 bridgehead atoms. The molecule has 0 heterocycles. The average Bonchev–Trinajstić information content (AvgIpc) is 2.30. The summed E-state index contributed by atoms with van der Waals surface area (Å²) < 4.78 is 0. The lowest BCUT2D eigenvalue weighted by Gasteiger charge is -2.21. The molecule has 2 heteroatoms. The Morgan fingerprint density at radius 2 is 1.75 bits per heavy atom. The molecule has 16 heavy (non-hydrogen) atoms. The van der Waals surface area contributed by atoms with Crippen molar-refractivity contribution in [2.24, 2.45) is 0 Å². The summed E-state index contributed by atoms with van der Waals surface area (Å²) in [6.45, 7) is 1.77. The van der Waals surface area contributed by atoms with Crippen molar-refractivity contribution in [3.05, 3.63) is 35.4 Å². The van der Waals surface area contributed by atoms with Gasteiger partial charge in [0.25, 0.3) is 0 Å². The Hall–Kier alpha value is -1.15. The van der Waals surface area contributed by atoms with Gasteiger partial charge in [-0.1, -0.05) is 24.3 Å². The van der Waals surface area contributed by atoms with E-state index in [4.69, 9.17) is 0 Å². The number of rotatable bonds is 2. The highest BCUT2D eigenvalue weighted by Crippen LogP contribution is 2.31. The van der Waals surface area contributed by atoms with Gasteiger partial charge in [0, 0.05) is 12.8 Å². The van der Waals surface area contributed by atoms with E-state index in [1.807, 2.05) is 12.1 Å². The third-order valence-electron chi connectivity index (χ3n) is 3.43. The van der Waals surface area contributed by atoms with Gasteiger partial charge in [-0.2, -0.15) is 0 Å². The molecule has 1 fully saturated rings. The molecule has 1 aromatic rings. The summed E-state index contributed by atoms with van der Waals surface area (Å²) in [6, 6.07) is 8.14. The fourth-order valence-electron chi connectivity index (χ4n) is 2.32. The summed E-state index contributed by atoms with van der Waals surface area (Å²) >= 11 is 0. The van der Waals surface area contributed by atoms with Crippen molar-refractivity contribution in [1.82, 2.24) is 0 Å². The van der Waals surface area contributed by atoms with E-state index in [9.17, 15) is 9.90 Å². The minimum absolute atomic E-state index is 0.400. The van der Waals surface area contributed by atoms with Crippen molar-refractivity contribution in [3.8, 4) is 0 Å². The third-order valence-corrected chi connectivity index (χ3v) is 3.43. The second-order valence-corrected chi connectivity index (χ2v) is 4.66. The van der Waals surface area contributed by atoms with Crippen LogP contribution in [0, 0.1) is 0 Å². The number of hydrogen-bond acceptors (Lipinski definition) is 2. The summed E-state index contributed by atoms with van der Waals surface area (Å²) in [6.07, 6.45) is 3.01. The molecule has 1 aromatic carbocycles. The Morgan fingerprint density at radius 3 is 2.25 bits per heavy atom. The average molecular weight is 218 g/mol. The molecule has 1 aliphatic rings. The molecule has 2 rings (SSSR count). The topological polar surface area (TPSA) is 37.3 Å². The van der Waals surface area contributed by atoms with Gasteiger partial charge in [0.05, 0.1) is 6.10 Å². The maximum absolute atomic E-state index is 11.2. The summed E-state index contributed by atoms with van der Waals surface area (Å²) in [5.74, 6) is 0.928. The van der Waals surface area contributed by atoms with E-state index in [0.29, 0.717) is 11.7 Å². The number of carbonyl (C=O) groups is 1. The van der Waals surface area contributed by atoms with Crippen LogP contribution in [0.5, 0.6) is 0 Å². The summed E-state index contributed by atoms with van der Waals surface area (Å²) in [5, 5.41) is 9.42. The van der Waals surface area contributed by atoms with E-state index >= 15 is 0 Å². The van der Waals surface area contributed by atoms with Crippen LogP contribution in [0.3, 0.4) is 0 Å². The smallest absolute Gasteiger partial charge is 0.132 e. The molecule has 0 aromatic heterocycles. The molecule has 1 atom stereocenters. The van der Waals surface area contributed by atoms with Crippen LogP contribution < -0.4 is 0 Å². The van der Waals surface area contributed by atoms with Crippen LogP contribution in [0.15, 0.2) is 24.3 Å². The van der Waals surface area contributed by atoms with Gasteiger partial charge in [-0.25, -0.2) is 0 Å². The second-order valence-electron chi connectivity index (χ2n) is 4.66. The predicted octanol–water partition coefficient (Wildman–Crippen LogP) is 2.97. The predicted molar refractivity (Wildman–Crippen MR) is 63.3 cm³/mol. The fraction of sp³-hybridized carbons (Fsp3) is 0.500. The highest BCUT2D eigenvalue weighted by atomic mass is 16.3. The molecular weight excluding hydrogens is 200 g/mol. The van der Waals surface area contributed by atoms with Gasteiger partial charge < -0.3 is 5.11 Å². The Labute approximate surface area is 96.3 Å². The molecule has 0 aliphatic heterocycles. The number of ketones is 1. The molecule has 1 N–H and O–H groups in total. The van der Waals surface area contributed by atoms with Crippen LogP contribution in [0.2, 0.25) is 0 Å². The monoisotopic (exact) mass is 218 g/mol. The van der Waals surface area contributed by atoms with Crippen LogP contribution in [-0.4, -0.2) is 10.9 Å². The molecule has 0 saturated heterocycles. The minimum Gasteiger partial charge on any atom is -0.389 e. The number of carbonyl (C=O) groups excluding carboxylic acids is 1. The van der Waals surface area contributed by atoms with E-state index in [-0.39, 0.29) is 0 Å². The van der Waals surface area contributed by atoms with Gasteiger partial charge >= 0.3 is 0 Å². The number of Topliss-reactive ketones (excluding diaryl/α,β-unsaturated/α-hetero) is 1. The lowest BCUT2D eigenvalue weighted by Crippen LogP contribution is -2.12. The van der Waals surface area contributed by atoms with Crippen molar-refractivity contribution in [2.75, 3.05) is 0 Å². The first-order valence-electron chi connectivity index (χ1n) is 5.96. The van der Waals surface area contributed by atoms with E-state index < -0.39 is 6.10 Å². The number of hydrogen-bond donors (Lipinski definition) is 1. The van der Waals surface area contributed by atoms with Gasteiger partial charge in [-0.15, -0.1) is 0 Å². The Balaban J connectivity index is 2.07. The molecule has 0 spiro atoms. The van der Waals surface area contributed by atoms with Gasteiger partial charge in [-0.3, -0.25) is 4.79 Å². The first kappa shape index (κ1) is 11.3. The Morgan fingerprint density at radius 1 is 1.19 bits per heavy atom. The normalized spacial score (nSPS) is 19.8. The molecule has 1 unspecified atom stereocenters. The molecule has 1 saturated carbocycles. The zero-order chi connectivity index (χ0) is 11.5. The number of benzene rings is 1. The molecular formula is C14H18O2. The van der Waals surface area contributed by atoms with Gasteiger partial charge in [0.2, 0.25) is 0 Å². The number of aliphatic hydroxyl groups is 1. The molecule has 86 valence electrons. The van der Waals surface area contributed by atoms with Crippen molar-refractivity contribution < 1.29 is 9.90 Å². The standard InChI is InChI=1S/C14H18O2/c1-10(15)11-2-4-12(5-3-11)13-6-8-14(16)9-7-13/h2-5,10,13,15H,6-9H2,1H3. The minimum atomic E-state index is -0.401. The van der Waals surface area contributed by atoms with Gasteiger partial charge in [0.1, 0.15) is 5.78 Å². The van der Waals surface area contributed by atoms with Crippen molar-refractivity contribution in [1.29, 1.82) is 0 Å². The van der Waals surface area contributed by atoms with E-state index in [1.165, 1.54) is 5.56 Å². The fourth-order valence-corrected chi connectivity index (χ4v) is 2.32. The number of aliphatic hydroxyl groups excluding tert-OH is 1. The van der Waals surface area contributed by atoms with E-state index in [2.05, 4.69) is 12.1 Å². The van der Waals surface area contributed by atoms with Crippen LogP contribution in [0.25, 0.3) is 0 Å². The van der Waals surface area contributed by atoms with Crippen LogP contribution in [-0.2, 0) is 4.79 Å². The van der Waals surface area contributed by atoms with Gasteiger partial charge in [-0.05, 0) is 36.8 Å². The lowest BCUT2D eigenvalue weighted by atomic mass is 9.83. The third kappa shape index (κ3) is 2.50. The highest BCUT2D eigenvalue weighted by molar-refractivity contribution is 5.79. The summed E-state index contributed by atoms with van der Waals surface area (Å²) in [5.41, 5.74) is 2.26. The van der Waals surface area contributed by atoms with Crippen LogP contribution in [0.4, 0.5) is 0 Å². The quantitative estimate of drug-likeness (QED) is 0.828. The van der Waals surface area contributed by atoms with Gasteiger partial charge in [0.15, 0.2) is 0 Å². The second kappa shape index (κ2) is 4.79. The lowest BCUT2D eigenvalue weighted by molar-refractivity contribution is -0.120. The molecule has 0 amide bonds. The zero-order valence-corrected chi connectivity index (χ0v) is 9.65. The highest BCUT2D eigenvalue weighted by Gasteiger charge is 2.19. The first-order chi connectivity index (χ1) is 7.66. The first-order valence-corrected chi connectivity index (χ1v) is 5.96.